The molecule has 1 aliphatic heterocycles. The fourth-order valence-electron chi connectivity index (χ4n) is 3.82. The molecule has 1 N–H and O–H groups in total. The molecule has 0 saturated heterocycles. The lowest BCUT2D eigenvalue weighted by molar-refractivity contribution is -0.119. The minimum atomic E-state index is -0.469. The quantitative estimate of drug-likeness (QED) is 0.692. The van der Waals surface area contributed by atoms with E-state index in [2.05, 4.69) is 12.2 Å². The lowest BCUT2D eigenvalue weighted by Crippen LogP contribution is -2.43. The van der Waals surface area contributed by atoms with Crippen LogP contribution >= 0.6 is 11.3 Å². The second-order valence-electron chi connectivity index (χ2n) is 6.98. The summed E-state index contributed by atoms with van der Waals surface area (Å²) in [6.07, 6.45) is 0.956. The molecule has 2 aromatic carbocycles. The highest BCUT2D eigenvalue weighted by atomic mass is 32.1. The Morgan fingerprint density at radius 1 is 1.07 bits per heavy atom. The third-order valence-corrected chi connectivity index (χ3v) is 6.27. The van der Waals surface area contributed by atoms with Crippen molar-refractivity contribution >= 4 is 28.8 Å². The van der Waals surface area contributed by atoms with Crippen LogP contribution in [0.1, 0.15) is 45.2 Å². The molecule has 142 valence electrons. The minimum Gasteiger partial charge on any atom is -0.333 e. The lowest BCUT2D eigenvalue weighted by atomic mass is 9.81. The third kappa shape index (κ3) is 3.22. The molecule has 4 nitrogen and oxygen atoms in total. The Kier molecular flexibility index (Phi) is 5.01. The summed E-state index contributed by atoms with van der Waals surface area (Å²) >= 11 is 1.57. The Morgan fingerprint density at radius 3 is 2.50 bits per heavy atom. The molecule has 5 heteroatoms. The van der Waals surface area contributed by atoms with E-state index in [-0.39, 0.29) is 17.9 Å². The number of nitrogens with zero attached hydrogens (tertiary/aromatic N) is 1. The first-order valence-corrected chi connectivity index (χ1v) is 10.3. The van der Waals surface area contributed by atoms with Gasteiger partial charge in [0.2, 0.25) is 5.91 Å². The zero-order valence-corrected chi connectivity index (χ0v) is 16.7. The lowest BCUT2D eigenvalue weighted by Gasteiger charge is -2.39. The number of amides is 2. The summed E-state index contributed by atoms with van der Waals surface area (Å²) in [5.41, 5.74) is 3.37. The number of anilines is 1. The zero-order valence-electron chi connectivity index (χ0n) is 15.9. The van der Waals surface area contributed by atoms with E-state index >= 15 is 0 Å². The Hall–Kier alpha value is -2.92. The summed E-state index contributed by atoms with van der Waals surface area (Å²) in [6, 6.07) is 19.0. The highest BCUT2D eigenvalue weighted by molar-refractivity contribution is 7.10. The van der Waals surface area contributed by atoms with Gasteiger partial charge in [-0.05, 0) is 47.2 Å². The fourth-order valence-corrected chi connectivity index (χ4v) is 4.72. The smallest absolute Gasteiger partial charge is 0.254 e. The number of carbonyl (C=O) groups is 2. The second-order valence-corrected chi connectivity index (χ2v) is 7.96. The average Bonchev–Trinajstić information content (AvgIpc) is 3.25. The number of benzene rings is 2. The van der Waals surface area contributed by atoms with Gasteiger partial charge in [0.1, 0.15) is 0 Å². The van der Waals surface area contributed by atoms with Crippen LogP contribution in [0.5, 0.6) is 0 Å². The molecule has 2 heterocycles. The molecule has 0 bridgehead atoms. The molecule has 0 aliphatic carbocycles. The van der Waals surface area contributed by atoms with Gasteiger partial charge >= 0.3 is 0 Å². The summed E-state index contributed by atoms with van der Waals surface area (Å²) in [5, 5.41) is 5.04. The number of thiophene rings is 1. The minimum absolute atomic E-state index is 0.0506. The number of hydrogen-bond donors (Lipinski definition) is 1. The number of likely N-dealkylation sites (N-methyl/N-ethyl adjacent to an activating group) is 1. The van der Waals surface area contributed by atoms with Gasteiger partial charge in [-0.15, -0.1) is 11.3 Å². The van der Waals surface area contributed by atoms with Crippen LogP contribution in [0.25, 0.3) is 0 Å². The Bertz CT molecular complexity index is 996. The summed E-state index contributed by atoms with van der Waals surface area (Å²) in [4.78, 5) is 29.0. The number of aryl methyl sites for hydroxylation is 1. The Balaban J connectivity index is 1.74. The predicted molar refractivity (Wildman–Crippen MR) is 113 cm³/mol. The van der Waals surface area contributed by atoms with Crippen molar-refractivity contribution in [3.05, 3.63) is 87.6 Å². The molecule has 4 rings (SSSR count). The van der Waals surface area contributed by atoms with Gasteiger partial charge in [-0.25, -0.2) is 0 Å². The summed E-state index contributed by atoms with van der Waals surface area (Å²) in [7, 11) is 1.78. The molecule has 28 heavy (non-hydrogen) atoms. The highest BCUT2D eigenvalue weighted by Gasteiger charge is 2.43. The van der Waals surface area contributed by atoms with Crippen LogP contribution < -0.4 is 5.32 Å². The van der Waals surface area contributed by atoms with Gasteiger partial charge < -0.3 is 10.2 Å². The van der Waals surface area contributed by atoms with E-state index in [0.717, 1.165) is 22.5 Å². The van der Waals surface area contributed by atoms with Gasteiger partial charge in [-0.3, -0.25) is 9.59 Å². The van der Waals surface area contributed by atoms with E-state index in [0.29, 0.717) is 5.56 Å². The van der Waals surface area contributed by atoms with Crippen LogP contribution in [0, 0.1) is 0 Å². The number of hydrogen-bond acceptors (Lipinski definition) is 3. The summed E-state index contributed by atoms with van der Waals surface area (Å²) in [6.45, 7) is 2.10. The van der Waals surface area contributed by atoms with E-state index in [1.165, 1.54) is 5.56 Å². The van der Waals surface area contributed by atoms with E-state index in [4.69, 9.17) is 0 Å². The van der Waals surface area contributed by atoms with Crippen molar-refractivity contribution in [2.24, 2.45) is 0 Å². The van der Waals surface area contributed by atoms with E-state index in [1.54, 1.807) is 29.4 Å². The molecule has 3 aromatic rings. The third-order valence-electron chi connectivity index (χ3n) is 5.33. The first-order chi connectivity index (χ1) is 13.6. The maximum atomic E-state index is 13.4. The Labute approximate surface area is 168 Å². The average molecular weight is 391 g/mol. The molecular weight excluding hydrogens is 368 g/mol. The standard InChI is InChI=1S/C23H22N2O2S/c1-3-15-10-12-16(13-11-15)24-22(26)20-17-7-4-5-8-18(17)23(27)25(2)21(20)19-9-6-14-28-19/h4-14,20-21H,3H2,1-2H3,(H,24,26). The van der Waals surface area contributed by atoms with Gasteiger partial charge in [0.15, 0.2) is 0 Å². The van der Waals surface area contributed by atoms with Crippen LogP contribution in [0.2, 0.25) is 0 Å². The fraction of sp³-hybridized carbons (Fsp3) is 0.217. The van der Waals surface area contributed by atoms with Gasteiger partial charge in [0.25, 0.3) is 5.91 Å². The second kappa shape index (κ2) is 7.60. The number of nitrogens with one attached hydrogen (secondary N) is 1. The van der Waals surface area contributed by atoms with Crippen LogP contribution in [0.4, 0.5) is 5.69 Å². The molecule has 1 aromatic heterocycles. The largest absolute Gasteiger partial charge is 0.333 e. The molecule has 1 aliphatic rings. The first kappa shape index (κ1) is 18.4. The topological polar surface area (TPSA) is 49.4 Å². The normalized spacial score (nSPS) is 18.6. The molecule has 2 amide bonds. The van der Waals surface area contributed by atoms with Crippen molar-refractivity contribution in [3.8, 4) is 0 Å². The molecule has 0 radical (unpaired) electrons. The zero-order chi connectivity index (χ0) is 19.7. The molecule has 2 atom stereocenters. The molecule has 2 unspecified atom stereocenters. The van der Waals surface area contributed by atoms with Crippen molar-refractivity contribution in [3.63, 3.8) is 0 Å². The van der Waals surface area contributed by atoms with Crippen molar-refractivity contribution in [2.45, 2.75) is 25.3 Å². The SMILES string of the molecule is CCc1ccc(NC(=O)C2c3ccccc3C(=O)N(C)C2c2cccs2)cc1. The summed E-state index contributed by atoms with van der Waals surface area (Å²) in [5.74, 6) is -0.622. The predicted octanol–water partition coefficient (Wildman–Crippen LogP) is 4.86. The van der Waals surface area contributed by atoms with Gasteiger partial charge in [-0.2, -0.15) is 0 Å². The van der Waals surface area contributed by atoms with Crippen LogP contribution in [-0.2, 0) is 11.2 Å². The monoisotopic (exact) mass is 390 g/mol. The van der Waals surface area contributed by atoms with Crippen molar-refractivity contribution in [1.29, 1.82) is 0 Å². The highest BCUT2D eigenvalue weighted by Crippen LogP contribution is 2.43. The van der Waals surface area contributed by atoms with Gasteiger partial charge in [0.05, 0.1) is 12.0 Å². The Morgan fingerprint density at radius 2 is 1.82 bits per heavy atom. The maximum Gasteiger partial charge on any atom is 0.254 e. The van der Waals surface area contributed by atoms with Crippen molar-refractivity contribution in [1.82, 2.24) is 4.90 Å². The van der Waals surface area contributed by atoms with E-state index < -0.39 is 5.92 Å². The summed E-state index contributed by atoms with van der Waals surface area (Å²) < 4.78 is 0. The number of fused-ring (bicyclic) bond motifs is 1. The van der Waals surface area contributed by atoms with E-state index in [1.807, 2.05) is 60.0 Å². The molecule has 0 fully saturated rings. The van der Waals surface area contributed by atoms with Crippen LogP contribution in [-0.4, -0.2) is 23.8 Å². The number of carbonyl (C=O) groups excluding carboxylic acids is 2. The molecule has 0 spiro atoms. The van der Waals surface area contributed by atoms with Crippen molar-refractivity contribution in [2.75, 3.05) is 12.4 Å². The van der Waals surface area contributed by atoms with Gasteiger partial charge in [-0.1, -0.05) is 43.3 Å². The van der Waals surface area contributed by atoms with Crippen LogP contribution in [0.3, 0.4) is 0 Å². The number of rotatable bonds is 4. The van der Waals surface area contributed by atoms with Crippen LogP contribution in [0.15, 0.2) is 66.0 Å². The molecule has 0 saturated carbocycles. The van der Waals surface area contributed by atoms with Crippen molar-refractivity contribution < 1.29 is 9.59 Å². The maximum absolute atomic E-state index is 13.4. The van der Waals surface area contributed by atoms with E-state index in [9.17, 15) is 9.59 Å². The first-order valence-electron chi connectivity index (χ1n) is 9.39. The molecular formula is C23H22N2O2S. The van der Waals surface area contributed by atoms with Gasteiger partial charge in [0, 0.05) is 23.2 Å².